The molecule has 0 saturated heterocycles. The summed E-state index contributed by atoms with van der Waals surface area (Å²) in [7, 11) is 0. The molecule has 0 heteroatoms. The Hall–Kier alpha value is 0. The second-order valence-corrected chi connectivity index (χ2v) is 5.17. The lowest BCUT2D eigenvalue weighted by Crippen LogP contribution is -2.64. The predicted molar refractivity (Wildman–Crippen MR) is 39.3 cm³/mol. The Morgan fingerprint density at radius 3 is 2.40 bits per heavy atom. The summed E-state index contributed by atoms with van der Waals surface area (Å²) in [5.41, 5.74) is 0. The molecular formula is C10H14. The molecule has 0 bridgehead atoms. The Kier molecular flexibility index (Phi) is 0.522. The quantitative estimate of drug-likeness (QED) is 0.476. The van der Waals surface area contributed by atoms with Gasteiger partial charge in [-0.05, 0) is 54.3 Å². The molecule has 4 rings (SSSR count). The number of hydrogen-bond donors (Lipinski definition) is 0. The third kappa shape index (κ3) is 0.271. The first kappa shape index (κ1) is 4.79. The van der Waals surface area contributed by atoms with Gasteiger partial charge in [0.1, 0.15) is 0 Å². The van der Waals surface area contributed by atoms with Gasteiger partial charge >= 0.3 is 0 Å². The molecule has 7 unspecified atom stereocenters. The maximum absolute atomic E-state index is 2.47. The molecule has 0 aromatic rings. The second-order valence-electron chi connectivity index (χ2n) is 5.17. The summed E-state index contributed by atoms with van der Waals surface area (Å²) in [6.45, 7) is 2.47. The standard InChI is InChI=1S/C10H14/c1-4-2-7-8(4)10-6-3-5(6)9(7)10/h4-10H,2-3H2,1H3. The zero-order valence-corrected chi connectivity index (χ0v) is 6.46. The highest BCUT2D eigenvalue weighted by Crippen LogP contribution is 2.81. The van der Waals surface area contributed by atoms with Crippen molar-refractivity contribution in [2.24, 2.45) is 41.4 Å². The van der Waals surface area contributed by atoms with Crippen LogP contribution in [-0.2, 0) is 0 Å². The Labute approximate surface area is 62.0 Å². The van der Waals surface area contributed by atoms with E-state index >= 15 is 0 Å². The van der Waals surface area contributed by atoms with Crippen LogP contribution in [0.3, 0.4) is 0 Å². The van der Waals surface area contributed by atoms with Crippen LogP contribution < -0.4 is 0 Å². The van der Waals surface area contributed by atoms with Crippen molar-refractivity contribution >= 4 is 0 Å². The molecule has 0 aromatic carbocycles. The van der Waals surface area contributed by atoms with Gasteiger partial charge < -0.3 is 0 Å². The first-order chi connectivity index (χ1) is 4.88. The van der Waals surface area contributed by atoms with Crippen molar-refractivity contribution in [3.63, 3.8) is 0 Å². The normalized spacial score (nSPS) is 80.7. The zero-order chi connectivity index (χ0) is 6.46. The summed E-state index contributed by atoms with van der Waals surface area (Å²) in [5, 5.41) is 0. The fraction of sp³-hybridized carbons (Fsp3) is 1.00. The Balaban J connectivity index is 1.70. The van der Waals surface area contributed by atoms with Crippen molar-refractivity contribution in [2.75, 3.05) is 0 Å². The van der Waals surface area contributed by atoms with Gasteiger partial charge in [-0.25, -0.2) is 0 Å². The highest BCUT2D eigenvalue weighted by atomic mass is 14.8. The average molecular weight is 134 g/mol. The highest BCUT2D eigenvalue weighted by molar-refractivity contribution is 5.24. The Bertz CT molecular complexity index is 206. The van der Waals surface area contributed by atoms with Gasteiger partial charge in [0.25, 0.3) is 0 Å². The minimum absolute atomic E-state index is 1.12. The van der Waals surface area contributed by atoms with E-state index in [1.165, 1.54) is 35.5 Å². The molecule has 0 aliphatic heterocycles. The molecule has 4 aliphatic rings. The van der Waals surface area contributed by atoms with Crippen molar-refractivity contribution in [3.05, 3.63) is 0 Å². The summed E-state index contributed by atoms with van der Waals surface area (Å²) in [4.78, 5) is 0. The van der Waals surface area contributed by atoms with E-state index < -0.39 is 0 Å². The van der Waals surface area contributed by atoms with Crippen molar-refractivity contribution < 1.29 is 0 Å². The van der Waals surface area contributed by atoms with Crippen LogP contribution in [0.5, 0.6) is 0 Å². The minimum Gasteiger partial charge on any atom is -0.0622 e. The monoisotopic (exact) mass is 134 g/mol. The molecule has 4 saturated carbocycles. The lowest BCUT2D eigenvalue weighted by molar-refractivity contribution is -0.208. The van der Waals surface area contributed by atoms with Crippen LogP contribution in [0.4, 0.5) is 0 Å². The summed E-state index contributed by atoms with van der Waals surface area (Å²) in [6.07, 6.45) is 3.23. The first-order valence-corrected chi connectivity index (χ1v) is 4.88. The van der Waals surface area contributed by atoms with Crippen molar-refractivity contribution in [3.8, 4) is 0 Å². The van der Waals surface area contributed by atoms with E-state index in [4.69, 9.17) is 0 Å². The molecule has 4 fully saturated rings. The van der Waals surface area contributed by atoms with Gasteiger partial charge in [-0.3, -0.25) is 0 Å². The maximum Gasteiger partial charge on any atom is -0.0315 e. The van der Waals surface area contributed by atoms with Crippen LogP contribution in [0.2, 0.25) is 0 Å². The lowest BCUT2D eigenvalue weighted by Gasteiger charge is -2.68. The van der Waals surface area contributed by atoms with E-state index in [1.54, 1.807) is 12.8 Å². The van der Waals surface area contributed by atoms with E-state index in [2.05, 4.69) is 6.92 Å². The van der Waals surface area contributed by atoms with Gasteiger partial charge in [0, 0.05) is 0 Å². The largest absolute Gasteiger partial charge is 0.0622 e. The summed E-state index contributed by atoms with van der Waals surface area (Å²) >= 11 is 0. The Morgan fingerprint density at radius 1 is 0.800 bits per heavy atom. The van der Waals surface area contributed by atoms with E-state index in [0.29, 0.717) is 0 Å². The van der Waals surface area contributed by atoms with Crippen LogP contribution in [0, 0.1) is 41.4 Å². The average Bonchev–Trinajstić information content (AvgIpc) is 2.55. The van der Waals surface area contributed by atoms with E-state index in [1.807, 2.05) is 0 Å². The van der Waals surface area contributed by atoms with Crippen LogP contribution in [-0.4, -0.2) is 0 Å². The molecule has 0 N–H and O–H groups in total. The third-order valence-electron chi connectivity index (χ3n) is 5.06. The summed E-state index contributed by atoms with van der Waals surface area (Å²) < 4.78 is 0. The van der Waals surface area contributed by atoms with Crippen molar-refractivity contribution in [1.82, 2.24) is 0 Å². The molecule has 10 heavy (non-hydrogen) atoms. The number of hydrogen-bond acceptors (Lipinski definition) is 0. The molecular weight excluding hydrogens is 120 g/mol. The molecule has 4 aliphatic carbocycles. The van der Waals surface area contributed by atoms with Crippen LogP contribution >= 0.6 is 0 Å². The molecule has 0 nitrogen and oxygen atoms in total. The predicted octanol–water partition coefficient (Wildman–Crippen LogP) is 2.15. The maximum atomic E-state index is 2.47. The molecule has 54 valence electrons. The topological polar surface area (TPSA) is 0 Å². The SMILES string of the molecule is CC1CC2C1C1C3CC3C21. The molecule has 0 heterocycles. The van der Waals surface area contributed by atoms with Crippen molar-refractivity contribution in [2.45, 2.75) is 19.8 Å². The van der Waals surface area contributed by atoms with Crippen LogP contribution in [0.1, 0.15) is 19.8 Å². The molecule has 0 aromatic heterocycles. The van der Waals surface area contributed by atoms with Gasteiger partial charge in [0.15, 0.2) is 0 Å². The fourth-order valence-corrected chi connectivity index (χ4v) is 4.59. The third-order valence-corrected chi connectivity index (χ3v) is 5.06. The van der Waals surface area contributed by atoms with Crippen LogP contribution in [0.15, 0.2) is 0 Å². The van der Waals surface area contributed by atoms with Crippen LogP contribution in [0.25, 0.3) is 0 Å². The lowest BCUT2D eigenvalue weighted by atomic mass is 9.36. The Morgan fingerprint density at radius 2 is 1.60 bits per heavy atom. The van der Waals surface area contributed by atoms with Crippen molar-refractivity contribution in [1.29, 1.82) is 0 Å². The van der Waals surface area contributed by atoms with Gasteiger partial charge in [-0.2, -0.15) is 0 Å². The van der Waals surface area contributed by atoms with Gasteiger partial charge in [0.2, 0.25) is 0 Å². The van der Waals surface area contributed by atoms with E-state index in [0.717, 1.165) is 5.92 Å². The number of fused-ring (bicyclic) bond motifs is 7. The molecule has 0 amide bonds. The fourth-order valence-electron chi connectivity index (χ4n) is 4.59. The summed E-state index contributed by atoms with van der Waals surface area (Å²) in [6, 6.07) is 0. The van der Waals surface area contributed by atoms with Gasteiger partial charge in [-0.1, -0.05) is 6.92 Å². The number of rotatable bonds is 0. The van der Waals surface area contributed by atoms with E-state index in [9.17, 15) is 0 Å². The smallest absolute Gasteiger partial charge is 0.0315 e. The molecule has 0 spiro atoms. The minimum atomic E-state index is 1.12. The van der Waals surface area contributed by atoms with Gasteiger partial charge in [0.05, 0.1) is 0 Å². The molecule has 0 radical (unpaired) electrons. The zero-order valence-electron chi connectivity index (χ0n) is 6.46. The second kappa shape index (κ2) is 1.09. The summed E-state index contributed by atoms with van der Waals surface area (Å²) in [5.74, 6) is 8.64. The molecule has 7 atom stereocenters. The van der Waals surface area contributed by atoms with Gasteiger partial charge in [-0.15, -0.1) is 0 Å². The first-order valence-electron chi connectivity index (χ1n) is 4.88. The highest BCUT2D eigenvalue weighted by Gasteiger charge is 2.76. The van der Waals surface area contributed by atoms with E-state index in [-0.39, 0.29) is 0 Å².